The Balaban J connectivity index is 3.01. The van der Waals surface area contributed by atoms with E-state index in [1.807, 2.05) is 0 Å². The molecule has 0 saturated heterocycles. The Bertz CT molecular complexity index is 643. The summed E-state index contributed by atoms with van der Waals surface area (Å²) in [6.07, 6.45) is 1.55. The molecule has 8 heteroatoms. The lowest BCUT2D eigenvalue weighted by atomic mass is 10.1. The number of aryl methyl sites for hydroxylation is 1. The van der Waals surface area contributed by atoms with Crippen LogP contribution in [0.4, 0.5) is 0 Å². The molecule has 1 amide bonds. The summed E-state index contributed by atoms with van der Waals surface area (Å²) in [5.74, 6) is -0.0826. The fourth-order valence-corrected chi connectivity index (χ4v) is 3.26. The van der Waals surface area contributed by atoms with Gasteiger partial charge in [0.1, 0.15) is 0 Å². The second-order valence-corrected chi connectivity index (χ2v) is 8.57. The van der Waals surface area contributed by atoms with Gasteiger partial charge in [-0.25, -0.2) is 8.42 Å². The van der Waals surface area contributed by atoms with Gasteiger partial charge in [0.25, 0.3) is 15.0 Å². The smallest absolute Gasteiger partial charge is 0.261 e. The number of hydrogen-bond acceptors (Lipinski definition) is 4. The summed E-state index contributed by atoms with van der Waals surface area (Å²) in [4.78, 5) is 12.0. The molecule has 0 heterocycles. The summed E-state index contributed by atoms with van der Waals surface area (Å²) in [6, 6.07) is 3.83. The first-order valence-corrected chi connectivity index (χ1v) is 9.81. The van der Waals surface area contributed by atoms with Crippen LogP contribution in [0, 0.1) is 6.92 Å². The van der Waals surface area contributed by atoms with Gasteiger partial charge in [0, 0.05) is 45.1 Å². The zero-order valence-corrected chi connectivity index (χ0v) is 13.7. The van der Waals surface area contributed by atoms with Gasteiger partial charge in [-0.2, -0.15) is 0 Å². The molecule has 0 spiro atoms. The highest BCUT2D eigenvalue weighted by Crippen LogP contribution is 2.19. The Kier molecular flexibility index (Phi) is 5.73. The predicted molar refractivity (Wildman–Crippen MR) is 80.1 cm³/mol. The lowest BCUT2D eigenvalue weighted by Gasteiger charge is -2.14. The molecule has 0 saturated carbocycles. The Morgan fingerprint density at radius 2 is 2.05 bits per heavy atom. The molecule has 1 aromatic rings. The van der Waals surface area contributed by atoms with Crippen molar-refractivity contribution < 1.29 is 17.4 Å². The van der Waals surface area contributed by atoms with Crippen LogP contribution in [0.3, 0.4) is 0 Å². The molecule has 2 unspecified atom stereocenters. The summed E-state index contributed by atoms with van der Waals surface area (Å²) >= 11 is 0. The Labute approximate surface area is 125 Å². The second kappa shape index (κ2) is 6.69. The highest BCUT2D eigenvalue weighted by Gasteiger charge is 2.17. The lowest BCUT2D eigenvalue weighted by Crippen LogP contribution is -2.36. The van der Waals surface area contributed by atoms with Crippen molar-refractivity contribution >= 4 is 36.4 Å². The monoisotopic (exact) mass is 337 g/mol. The van der Waals surface area contributed by atoms with E-state index in [1.165, 1.54) is 18.2 Å². The second-order valence-electron chi connectivity index (χ2n) is 4.53. The van der Waals surface area contributed by atoms with Crippen molar-refractivity contribution in [1.29, 1.82) is 0 Å². The zero-order valence-electron chi connectivity index (χ0n) is 11.3. The quantitative estimate of drug-likeness (QED) is 0.824. The van der Waals surface area contributed by atoms with Crippen LogP contribution >= 0.6 is 10.7 Å². The molecule has 0 bridgehead atoms. The number of hydrogen-bond donors (Lipinski definition) is 1. The number of amides is 1. The molecule has 112 valence electrons. The molecule has 0 aliphatic heterocycles. The van der Waals surface area contributed by atoms with Crippen LogP contribution in [0.1, 0.15) is 22.8 Å². The first-order chi connectivity index (χ1) is 9.11. The average molecular weight is 338 g/mol. The van der Waals surface area contributed by atoms with E-state index in [-0.39, 0.29) is 16.5 Å². The van der Waals surface area contributed by atoms with Gasteiger partial charge >= 0.3 is 0 Å². The topological polar surface area (TPSA) is 80.3 Å². The van der Waals surface area contributed by atoms with E-state index in [0.717, 1.165) is 0 Å². The maximum Gasteiger partial charge on any atom is 0.261 e. The van der Waals surface area contributed by atoms with E-state index in [0.29, 0.717) is 11.3 Å². The molecule has 0 fully saturated rings. The Morgan fingerprint density at radius 1 is 1.45 bits per heavy atom. The van der Waals surface area contributed by atoms with Crippen LogP contribution in [-0.2, 0) is 19.9 Å². The molecule has 1 rings (SSSR count). The number of benzene rings is 1. The first-order valence-electron chi connectivity index (χ1n) is 5.77. The minimum absolute atomic E-state index is 0.123. The zero-order chi connectivity index (χ0) is 15.5. The van der Waals surface area contributed by atoms with Crippen LogP contribution in [-0.4, -0.2) is 36.6 Å². The van der Waals surface area contributed by atoms with Crippen LogP contribution in [0.15, 0.2) is 23.1 Å². The van der Waals surface area contributed by atoms with Gasteiger partial charge in [-0.1, -0.05) is 6.07 Å². The number of carbonyl (C=O) groups is 1. The van der Waals surface area contributed by atoms with Crippen LogP contribution in [0.5, 0.6) is 0 Å². The van der Waals surface area contributed by atoms with Crippen molar-refractivity contribution in [3.8, 4) is 0 Å². The highest BCUT2D eigenvalue weighted by atomic mass is 35.7. The van der Waals surface area contributed by atoms with Gasteiger partial charge in [0.2, 0.25) is 0 Å². The highest BCUT2D eigenvalue weighted by molar-refractivity contribution is 8.13. The van der Waals surface area contributed by atoms with E-state index in [1.54, 1.807) is 20.1 Å². The third-order valence-corrected chi connectivity index (χ3v) is 4.92. The van der Waals surface area contributed by atoms with Gasteiger partial charge in [-0.3, -0.25) is 9.00 Å². The first kappa shape index (κ1) is 17.1. The van der Waals surface area contributed by atoms with Gasteiger partial charge in [0.05, 0.1) is 4.90 Å². The molecule has 0 aliphatic rings. The number of carbonyl (C=O) groups excluding carboxylic acids is 1. The van der Waals surface area contributed by atoms with Crippen molar-refractivity contribution in [1.82, 2.24) is 5.32 Å². The molecule has 1 aromatic carbocycles. The van der Waals surface area contributed by atoms with Gasteiger partial charge in [-0.05, 0) is 31.5 Å². The molecular formula is C12H16ClNO4S2. The molecular weight excluding hydrogens is 322 g/mol. The van der Waals surface area contributed by atoms with Crippen LogP contribution in [0.25, 0.3) is 0 Å². The van der Waals surface area contributed by atoms with E-state index in [4.69, 9.17) is 10.7 Å². The molecule has 5 nitrogen and oxygen atoms in total. The van der Waals surface area contributed by atoms with Crippen molar-refractivity contribution in [2.75, 3.05) is 12.0 Å². The third kappa shape index (κ3) is 4.88. The Hall–Kier alpha value is -0.920. The van der Waals surface area contributed by atoms with Crippen molar-refractivity contribution in [2.45, 2.75) is 24.8 Å². The van der Waals surface area contributed by atoms with Gasteiger partial charge < -0.3 is 5.32 Å². The molecule has 2 atom stereocenters. The van der Waals surface area contributed by atoms with Crippen molar-refractivity contribution in [3.63, 3.8) is 0 Å². The maximum absolute atomic E-state index is 12.1. The van der Waals surface area contributed by atoms with Crippen molar-refractivity contribution in [3.05, 3.63) is 29.3 Å². The predicted octanol–water partition coefficient (Wildman–Crippen LogP) is 1.42. The lowest BCUT2D eigenvalue weighted by molar-refractivity contribution is 0.0943. The van der Waals surface area contributed by atoms with E-state index >= 15 is 0 Å². The van der Waals surface area contributed by atoms with E-state index in [9.17, 15) is 17.4 Å². The largest absolute Gasteiger partial charge is 0.349 e. The fraction of sp³-hybridized carbons (Fsp3) is 0.417. The van der Waals surface area contributed by atoms with E-state index in [2.05, 4.69) is 5.32 Å². The summed E-state index contributed by atoms with van der Waals surface area (Å²) < 4.78 is 33.6. The molecule has 0 aliphatic carbocycles. The van der Waals surface area contributed by atoms with E-state index < -0.39 is 25.8 Å². The number of halogens is 1. The van der Waals surface area contributed by atoms with Crippen LogP contribution in [0.2, 0.25) is 0 Å². The minimum atomic E-state index is -3.88. The molecule has 1 N–H and O–H groups in total. The molecule has 0 radical (unpaired) electrons. The maximum atomic E-state index is 12.1. The standard InChI is InChI=1S/C12H16ClNO4S2/c1-8-4-5-10(20(13,17)18)6-11(8)12(15)14-9(2)7-19(3)16/h4-6,9H,7H2,1-3H3,(H,14,15). The van der Waals surface area contributed by atoms with Gasteiger partial charge in [0.15, 0.2) is 0 Å². The Morgan fingerprint density at radius 3 is 2.55 bits per heavy atom. The average Bonchev–Trinajstić information content (AvgIpc) is 2.26. The number of nitrogens with one attached hydrogen (secondary N) is 1. The normalized spacial score (nSPS) is 14.6. The summed E-state index contributed by atoms with van der Waals surface area (Å²) in [5.41, 5.74) is 0.872. The van der Waals surface area contributed by atoms with Gasteiger partial charge in [-0.15, -0.1) is 0 Å². The third-order valence-electron chi connectivity index (χ3n) is 2.60. The summed E-state index contributed by atoms with van der Waals surface area (Å²) in [5, 5.41) is 2.68. The summed E-state index contributed by atoms with van der Waals surface area (Å²) in [7, 11) is 0.359. The summed E-state index contributed by atoms with van der Waals surface area (Å²) in [6.45, 7) is 3.43. The molecule has 0 aromatic heterocycles. The van der Waals surface area contributed by atoms with Crippen LogP contribution < -0.4 is 5.32 Å². The van der Waals surface area contributed by atoms with Crippen molar-refractivity contribution in [2.24, 2.45) is 0 Å². The minimum Gasteiger partial charge on any atom is -0.349 e. The SMILES string of the molecule is Cc1ccc(S(=O)(=O)Cl)cc1C(=O)NC(C)CS(C)=O. The molecule has 20 heavy (non-hydrogen) atoms. The number of rotatable bonds is 5. The fourth-order valence-electron chi connectivity index (χ4n) is 1.69.